The van der Waals surface area contributed by atoms with Crippen molar-refractivity contribution in [1.82, 2.24) is 4.90 Å². The predicted octanol–water partition coefficient (Wildman–Crippen LogP) is 1.08. The summed E-state index contributed by atoms with van der Waals surface area (Å²) in [5, 5.41) is 0.676. The van der Waals surface area contributed by atoms with E-state index in [0.717, 1.165) is 24.3 Å². The third kappa shape index (κ3) is 2.53. The Morgan fingerprint density at radius 1 is 1.41 bits per heavy atom. The number of likely N-dealkylation sites (N-methyl/N-ethyl adjacent to an activating group) is 1. The number of nitrogens with two attached hydrogens (primary N) is 1. The van der Waals surface area contributed by atoms with E-state index in [1.54, 1.807) is 4.90 Å². The number of benzene rings is 1. The van der Waals surface area contributed by atoms with E-state index in [9.17, 15) is 4.79 Å². The average molecular weight is 254 g/mol. The Kier molecular flexibility index (Phi) is 3.54. The first-order valence-electron chi connectivity index (χ1n) is 5.59. The summed E-state index contributed by atoms with van der Waals surface area (Å²) in [6.07, 6.45) is 0. The summed E-state index contributed by atoms with van der Waals surface area (Å²) in [4.78, 5) is 15.5. The Morgan fingerprint density at radius 2 is 2.18 bits per heavy atom. The molecule has 0 saturated carbocycles. The molecule has 1 fully saturated rings. The second-order valence-corrected chi connectivity index (χ2v) is 4.65. The van der Waals surface area contributed by atoms with Crippen molar-refractivity contribution in [3.8, 4) is 0 Å². The van der Waals surface area contributed by atoms with Gasteiger partial charge in [-0.15, -0.1) is 0 Å². The molecule has 0 aromatic heterocycles. The second kappa shape index (κ2) is 4.94. The fraction of sp³-hybridized carbons (Fsp3) is 0.417. The van der Waals surface area contributed by atoms with Crippen LogP contribution in [-0.2, 0) is 11.3 Å². The lowest BCUT2D eigenvalue weighted by Gasteiger charge is -2.34. The third-order valence-corrected chi connectivity index (χ3v) is 3.29. The van der Waals surface area contributed by atoms with Crippen molar-refractivity contribution in [3.63, 3.8) is 0 Å². The van der Waals surface area contributed by atoms with Crippen LogP contribution in [0.1, 0.15) is 5.56 Å². The van der Waals surface area contributed by atoms with E-state index in [0.29, 0.717) is 18.1 Å². The number of nitrogens with zero attached hydrogens (tertiary/aromatic N) is 2. The lowest BCUT2D eigenvalue weighted by atomic mass is 10.1. The lowest BCUT2D eigenvalue weighted by molar-refractivity contribution is -0.129. The van der Waals surface area contributed by atoms with Crippen LogP contribution in [0.25, 0.3) is 0 Å². The minimum absolute atomic E-state index is 0.133. The van der Waals surface area contributed by atoms with Crippen LogP contribution in [0.2, 0.25) is 5.02 Å². The largest absolute Gasteiger partial charge is 0.360 e. The zero-order valence-corrected chi connectivity index (χ0v) is 10.6. The number of carbonyl (C=O) groups excluding carboxylic acids is 1. The highest BCUT2D eigenvalue weighted by molar-refractivity contribution is 6.30. The first kappa shape index (κ1) is 12.2. The molecule has 1 aromatic carbocycles. The molecular weight excluding hydrogens is 238 g/mol. The molecule has 0 aliphatic carbocycles. The summed E-state index contributed by atoms with van der Waals surface area (Å²) >= 11 is 5.94. The second-order valence-electron chi connectivity index (χ2n) is 4.21. The van der Waals surface area contributed by atoms with Gasteiger partial charge in [-0.05, 0) is 23.8 Å². The van der Waals surface area contributed by atoms with Gasteiger partial charge in [-0.2, -0.15) is 0 Å². The number of halogens is 1. The number of piperazine rings is 1. The van der Waals surface area contributed by atoms with E-state index in [1.165, 1.54) is 0 Å². The number of amides is 1. The van der Waals surface area contributed by atoms with Crippen LogP contribution in [0, 0.1) is 0 Å². The van der Waals surface area contributed by atoms with Gasteiger partial charge in [0.2, 0.25) is 5.91 Å². The molecule has 1 amide bonds. The Morgan fingerprint density at radius 3 is 2.82 bits per heavy atom. The standard InChI is InChI=1S/C12H16ClN3O/c1-15-4-5-16(8-12(15)17)11-3-2-10(13)6-9(11)7-14/h2-3,6H,4-5,7-8,14H2,1H3. The van der Waals surface area contributed by atoms with E-state index in [2.05, 4.69) is 4.90 Å². The van der Waals surface area contributed by atoms with Crippen molar-refractivity contribution in [3.05, 3.63) is 28.8 Å². The summed E-state index contributed by atoms with van der Waals surface area (Å²) in [6, 6.07) is 5.63. The number of carbonyl (C=O) groups is 1. The first-order chi connectivity index (χ1) is 8.11. The molecule has 2 rings (SSSR count). The minimum atomic E-state index is 0.133. The smallest absolute Gasteiger partial charge is 0.241 e. The average Bonchev–Trinajstić information content (AvgIpc) is 2.32. The molecule has 1 heterocycles. The molecule has 92 valence electrons. The summed E-state index contributed by atoms with van der Waals surface area (Å²) < 4.78 is 0. The van der Waals surface area contributed by atoms with Crippen LogP contribution in [-0.4, -0.2) is 37.5 Å². The first-order valence-corrected chi connectivity index (χ1v) is 5.97. The van der Waals surface area contributed by atoms with E-state index < -0.39 is 0 Å². The van der Waals surface area contributed by atoms with E-state index in [-0.39, 0.29) is 5.91 Å². The van der Waals surface area contributed by atoms with Crippen LogP contribution in [0.5, 0.6) is 0 Å². The fourth-order valence-corrected chi connectivity index (χ4v) is 2.18. The topological polar surface area (TPSA) is 49.6 Å². The van der Waals surface area contributed by atoms with Crippen LogP contribution in [0.4, 0.5) is 5.69 Å². The minimum Gasteiger partial charge on any atom is -0.360 e. The van der Waals surface area contributed by atoms with Gasteiger partial charge in [0, 0.05) is 37.4 Å². The van der Waals surface area contributed by atoms with Gasteiger partial charge < -0.3 is 15.5 Å². The van der Waals surface area contributed by atoms with Crippen LogP contribution in [0.15, 0.2) is 18.2 Å². The number of rotatable bonds is 2. The maximum Gasteiger partial charge on any atom is 0.241 e. The highest BCUT2D eigenvalue weighted by Gasteiger charge is 2.22. The molecule has 0 spiro atoms. The van der Waals surface area contributed by atoms with Crippen molar-refractivity contribution in [2.24, 2.45) is 5.73 Å². The van der Waals surface area contributed by atoms with Gasteiger partial charge in [-0.1, -0.05) is 11.6 Å². The quantitative estimate of drug-likeness (QED) is 0.858. The van der Waals surface area contributed by atoms with Crippen molar-refractivity contribution >= 4 is 23.2 Å². The number of anilines is 1. The van der Waals surface area contributed by atoms with Gasteiger partial charge in [-0.3, -0.25) is 4.79 Å². The van der Waals surface area contributed by atoms with E-state index in [4.69, 9.17) is 17.3 Å². The monoisotopic (exact) mass is 253 g/mol. The highest BCUT2D eigenvalue weighted by Crippen LogP contribution is 2.25. The molecule has 1 aliphatic rings. The molecule has 0 bridgehead atoms. The molecule has 0 radical (unpaired) electrons. The van der Waals surface area contributed by atoms with Crippen molar-refractivity contribution < 1.29 is 4.79 Å². The zero-order chi connectivity index (χ0) is 12.4. The van der Waals surface area contributed by atoms with Gasteiger partial charge in [-0.25, -0.2) is 0 Å². The van der Waals surface area contributed by atoms with Crippen LogP contribution < -0.4 is 10.6 Å². The third-order valence-electron chi connectivity index (χ3n) is 3.06. The Balaban J connectivity index is 2.25. The molecule has 2 N–H and O–H groups in total. The lowest BCUT2D eigenvalue weighted by Crippen LogP contribution is -2.48. The molecular formula is C12H16ClN3O. The Hall–Kier alpha value is -1.26. The molecule has 5 heteroatoms. The molecule has 4 nitrogen and oxygen atoms in total. The maximum atomic E-state index is 11.7. The molecule has 1 saturated heterocycles. The van der Waals surface area contributed by atoms with E-state index >= 15 is 0 Å². The number of hydrogen-bond donors (Lipinski definition) is 1. The van der Waals surface area contributed by atoms with Gasteiger partial charge in [0.05, 0.1) is 6.54 Å². The normalized spacial score (nSPS) is 16.5. The van der Waals surface area contributed by atoms with Crippen molar-refractivity contribution in [2.75, 3.05) is 31.6 Å². The fourth-order valence-electron chi connectivity index (χ4n) is 1.99. The van der Waals surface area contributed by atoms with Gasteiger partial charge in [0.25, 0.3) is 0 Å². The zero-order valence-electron chi connectivity index (χ0n) is 9.82. The summed E-state index contributed by atoms with van der Waals surface area (Å²) in [7, 11) is 1.82. The molecule has 0 unspecified atom stereocenters. The van der Waals surface area contributed by atoms with E-state index in [1.807, 2.05) is 25.2 Å². The summed E-state index contributed by atoms with van der Waals surface area (Å²) in [5.41, 5.74) is 7.70. The molecule has 1 aliphatic heterocycles. The SMILES string of the molecule is CN1CCN(c2ccc(Cl)cc2CN)CC1=O. The molecule has 1 aromatic rings. The van der Waals surface area contributed by atoms with Gasteiger partial charge in [0.15, 0.2) is 0 Å². The highest BCUT2D eigenvalue weighted by atomic mass is 35.5. The predicted molar refractivity (Wildman–Crippen MR) is 69.2 cm³/mol. The van der Waals surface area contributed by atoms with Gasteiger partial charge >= 0.3 is 0 Å². The van der Waals surface area contributed by atoms with Crippen molar-refractivity contribution in [2.45, 2.75) is 6.54 Å². The Bertz CT molecular complexity index is 436. The molecule has 17 heavy (non-hydrogen) atoms. The number of hydrogen-bond acceptors (Lipinski definition) is 3. The summed E-state index contributed by atoms with van der Waals surface area (Å²) in [6.45, 7) is 2.41. The van der Waals surface area contributed by atoms with Gasteiger partial charge in [0.1, 0.15) is 0 Å². The summed E-state index contributed by atoms with van der Waals surface area (Å²) in [5.74, 6) is 0.133. The molecule has 0 atom stereocenters. The van der Waals surface area contributed by atoms with Crippen molar-refractivity contribution in [1.29, 1.82) is 0 Å². The van der Waals surface area contributed by atoms with Crippen LogP contribution >= 0.6 is 11.6 Å². The maximum absolute atomic E-state index is 11.7. The van der Waals surface area contributed by atoms with Crippen LogP contribution in [0.3, 0.4) is 0 Å². The Labute approximate surface area is 106 Å².